The fourth-order valence-corrected chi connectivity index (χ4v) is 1.49. The Kier molecular flexibility index (Phi) is 4.76. The zero-order valence-corrected chi connectivity index (χ0v) is 8.85. The maximum Gasteiger partial charge on any atom is 0.161 e. The van der Waals surface area contributed by atoms with E-state index >= 15 is 0 Å². The topological polar surface area (TPSA) is 52.0 Å². The van der Waals surface area contributed by atoms with Crippen LogP contribution >= 0.6 is 0 Å². The molecule has 1 aromatic carbocycles. The largest absolute Gasteiger partial charge is 0.330 e. The second-order valence-corrected chi connectivity index (χ2v) is 3.68. The summed E-state index contributed by atoms with van der Waals surface area (Å²) in [7, 11) is 0. The SMILES string of the molecule is NCCCC[C@@H](N)c1cc(F)c(F)cc1F. The highest BCUT2D eigenvalue weighted by Crippen LogP contribution is 2.22. The van der Waals surface area contributed by atoms with E-state index in [1.165, 1.54) is 0 Å². The van der Waals surface area contributed by atoms with Crippen molar-refractivity contribution in [1.82, 2.24) is 0 Å². The maximum absolute atomic E-state index is 13.3. The van der Waals surface area contributed by atoms with Crippen molar-refractivity contribution < 1.29 is 13.2 Å². The minimum atomic E-state index is -1.20. The summed E-state index contributed by atoms with van der Waals surface area (Å²) in [6, 6.07) is 0.715. The molecule has 1 atom stereocenters. The molecular formula is C11H15F3N2. The van der Waals surface area contributed by atoms with E-state index in [0.29, 0.717) is 19.0 Å². The minimum absolute atomic E-state index is 0.0101. The fourth-order valence-electron chi connectivity index (χ4n) is 1.49. The Hall–Kier alpha value is -1.07. The van der Waals surface area contributed by atoms with E-state index in [4.69, 9.17) is 11.5 Å². The predicted octanol–water partition coefficient (Wildman–Crippen LogP) is 2.23. The van der Waals surface area contributed by atoms with Gasteiger partial charge in [-0.25, -0.2) is 13.2 Å². The molecule has 0 fully saturated rings. The molecule has 0 aliphatic rings. The van der Waals surface area contributed by atoms with Gasteiger partial charge in [0.2, 0.25) is 0 Å². The fraction of sp³-hybridized carbons (Fsp3) is 0.455. The molecule has 0 aliphatic heterocycles. The predicted molar refractivity (Wildman–Crippen MR) is 56.1 cm³/mol. The number of nitrogens with two attached hydrogens (primary N) is 2. The number of rotatable bonds is 5. The smallest absolute Gasteiger partial charge is 0.161 e. The van der Waals surface area contributed by atoms with Gasteiger partial charge in [-0.1, -0.05) is 6.42 Å². The molecule has 0 unspecified atom stereocenters. The van der Waals surface area contributed by atoms with Crippen molar-refractivity contribution in [2.24, 2.45) is 11.5 Å². The second kappa shape index (κ2) is 5.86. The Labute approximate surface area is 92.4 Å². The Morgan fingerprint density at radius 2 is 1.62 bits per heavy atom. The molecule has 0 spiro atoms. The normalized spacial score (nSPS) is 12.8. The lowest BCUT2D eigenvalue weighted by molar-refractivity contribution is 0.478. The van der Waals surface area contributed by atoms with Crippen molar-refractivity contribution in [3.63, 3.8) is 0 Å². The van der Waals surface area contributed by atoms with Crippen LogP contribution in [0.1, 0.15) is 30.9 Å². The van der Waals surface area contributed by atoms with Crippen LogP contribution in [-0.4, -0.2) is 6.54 Å². The van der Waals surface area contributed by atoms with Gasteiger partial charge < -0.3 is 11.5 Å². The highest BCUT2D eigenvalue weighted by Gasteiger charge is 2.15. The molecule has 90 valence electrons. The molecule has 4 N–H and O–H groups in total. The Morgan fingerprint density at radius 1 is 1.00 bits per heavy atom. The number of benzene rings is 1. The minimum Gasteiger partial charge on any atom is -0.330 e. The first-order valence-corrected chi connectivity index (χ1v) is 5.16. The van der Waals surface area contributed by atoms with Gasteiger partial charge in [-0.15, -0.1) is 0 Å². The summed E-state index contributed by atoms with van der Waals surface area (Å²) in [5.74, 6) is -3.08. The zero-order valence-electron chi connectivity index (χ0n) is 8.85. The Morgan fingerprint density at radius 3 is 2.25 bits per heavy atom. The van der Waals surface area contributed by atoms with Crippen LogP contribution in [0.4, 0.5) is 13.2 Å². The van der Waals surface area contributed by atoms with Gasteiger partial charge in [0.15, 0.2) is 11.6 Å². The van der Waals surface area contributed by atoms with Crippen molar-refractivity contribution in [3.05, 3.63) is 35.1 Å². The molecule has 5 heteroatoms. The number of unbranched alkanes of at least 4 members (excludes halogenated alkanes) is 1. The number of hydrogen-bond acceptors (Lipinski definition) is 2. The molecule has 0 saturated heterocycles. The molecular weight excluding hydrogens is 217 g/mol. The van der Waals surface area contributed by atoms with E-state index < -0.39 is 23.5 Å². The van der Waals surface area contributed by atoms with Crippen LogP contribution in [0.25, 0.3) is 0 Å². The Bertz CT molecular complexity index is 355. The van der Waals surface area contributed by atoms with E-state index in [0.717, 1.165) is 18.9 Å². The summed E-state index contributed by atoms with van der Waals surface area (Å²) in [5.41, 5.74) is 11.0. The van der Waals surface area contributed by atoms with Crippen LogP contribution in [-0.2, 0) is 0 Å². The summed E-state index contributed by atoms with van der Waals surface area (Å²) in [6.45, 7) is 0.535. The van der Waals surface area contributed by atoms with Crippen molar-refractivity contribution >= 4 is 0 Å². The zero-order chi connectivity index (χ0) is 12.1. The van der Waals surface area contributed by atoms with E-state index in [2.05, 4.69) is 0 Å². The van der Waals surface area contributed by atoms with Gasteiger partial charge in [0.05, 0.1) is 0 Å². The third-order valence-corrected chi connectivity index (χ3v) is 2.41. The Balaban J connectivity index is 2.75. The highest BCUT2D eigenvalue weighted by atomic mass is 19.2. The summed E-state index contributed by atoms with van der Waals surface area (Å²) in [4.78, 5) is 0. The van der Waals surface area contributed by atoms with E-state index in [1.54, 1.807) is 0 Å². The van der Waals surface area contributed by atoms with E-state index in [9.17, 15) is 13.2 Å². The van der Waals surface area contributed by atoms with Crippen molar-refractivity contribution in [3.8, 4) is 0 Å². The summed E-state index contributed by atoms with van der Waals surface area (Å²) in [5, 5.41) is 0. The van der Waals surface area contributed by atoms with Gasteiger partial charge in [0.1, 0.15) is 5.82 Å². The van der Waals surface area contributed by atoms with Crippen LogP contribution in [0.2, 0.25) is 0 Å². The first-order chi connectivity index (χ1) is 7.56. The summed E-state index contributed by atoms with van der Waals surface area (Å²) < 4.78 is 38.8. The number of halogens is 3. The van der Waals surface area contributed by atoms with Crippen LogP contribution in [0.15, 0.2) is 12.1 Å². The average molecular weight is 232 g/mol. The van der Waals surface area contributed by atoms with Gasteiger partial charge in [-0.05, 0) is 25.5 Å². The molecule has 0 aliphatic carbocycles. The second-order valence-electron chi connectivity index (χ2n) is 3.68. The molecule has 0 bridgehead atoms. The lowest BCUT2D eigenvalue weighted by atomic mass is 10.0. The van der Waals surface area contributed by atoms with Gasteiger partial charge >= 0.3 is 0 Å². The lowest BCUT2D eigenvalue weighted by Crippen LogP contribution is -2.13. The third kappa shape index (κ3) is 3.21. The first-order valence-electron chi connectivity index (χ1n) is 5.16. The summed E-state index contributed by atoms with van der Waals surface area (Å²) in [6.07, 6.45) is 2.01. The van der Waals surface area contributed by atoms with Gasteiger partial charge in [-0.3, -0.25) is 0 Å². The molecule has 0 radical (unpaired) electrons. The highest BCUT2D eigenvalue weighted by molar-refractivity contribution is 5.23. The molecule has 0 aromatic heterocycles. The van der Waals surface area contributed by atoms with Crippen molar-refractivity contribution in [2.75, 3.05) is 6.54 Å². The molecule has 2 nitrogen and oxygen atoms in total. The lowest BCUT2D eigenvalue weighted by Gasteiger charge is -2.12. The molecule has 0 saturated carbocycles. The maximum atomic E-state index is 13.3. The van der Waals surface area contributed by atoms with Crippen LogP contribution in [0.5, 0.6) is 0 Å². The molecule has 0 heterocycles. The number of hydrogen-bond donors (Lipinski definition) is 2. The van der Waals surface area contributed by atoms with Gasteiger partial charge in [-0.2, -0.15) is 0 Å². The molecule has 0 amide bonds. The summed E-state index contributed by atoms with van der Waals surface area (Å²) >= 11 is 0. The van der Waals surface area contributed by atoms with Gasteiger partial charge in [0.25, 0.3) is 0 Å². The van der Waals surface area contributed by atoms with Crippen LogP contribution in [0.3, 0.4) is 0 Å². The van der Waals surface area contributed by atoms with Crippen LogP contribution in [0, 0.1) is 17.5 Å². The molecule has 1 rings (SSSR count). The third-order valence-electron chi connectivity index (χ3n) is 2.41. The van der Waals surface area contributed by atoms with Crippen molar-refractivity contribution in [1.29, 1.82) is 0 Å². The van der Waals surface area contributed by atoms with Crippen LogP contribution < -0.4 is 11.5 Å². The van der Waals surface area contributed by atoms with E-state index in [-0.39, 0.29) is 5.56 Å². The van der Waals surface area contributed by atoms with E-state index in [1.807, 2.05) is 0 Å². The molecule has 16 heavy (non-hydrogen) atoms. The monoisotopic (exact) mass is 232 g/mol. The first kappa shape index (κ1) is 13.0. The quantitative estimate of drug-likeness (QED) is 0.604. The average Bonchev–Trinajstić information content (AvgIpc) is 2.23. The van der Waals surface area contributed by atoms with Crippen molar-refractivity contribution in [2.45, 2.75) is 25.3 Å². The molecule has 1 aromatic rings. The standard InChI is InChI=1S/C11H15F3N2/c12-8-6-10(14)9(13)5-7(8)11(16)3-1-2-4-15/h5-6,11H,1-4,15-16H2/t11-/m1/s1. The van der Waals surface area contributed by atoms with Gasteiger partial charge in [0, 0.05) is 17.7 Å².